The third kappa shape index (κ3) is 4.16. The maximum atomic E-state index is 15.1. The van der Waals surface area contributed by atoms with Gasteiger partial charge in [0.25, 0.3) is 0 Å². The molecule has 1 saturated heterocycles. The molecule has 0 radical (unpaired) electrons. The van der Waals surface area contributed by atoms with Crippen molar-refractivity contribution in [3.63, 3.8) is 0 Å². The van der Waals surface area contributed by atoms with Gasteiger partial charge in [-0.3, -0.25) is 0 Å². The van der Waals surface area contributed by atoms with Crippen LogP contribution in [0.3, 0.4) is 0 Å². The van der Waals surface area contributed by atoms with Crippen LogP contribution in [0, 0.1) is 41.0 Å². The van der Waals surface area contributed by atoms with E-state index in [0.29, 0.717) is 29.9 Å². The average Bonchev–Trinajstić information content (AvgIpc) is 3.58. The highest BCUT2D eigenvalue weighted by Gasteiger charge is 2.47. The number of halogens is 5. The van der Waals surface area contributed by atoms with Gasteiger partial charge in [-0.25, -0.2) is 22.0 Å². The number of fused-ring (bicyclic) bond motifs is 1. The zero-order chi connectivity index (χ0) is 24.0. The molecule has 34 heavy (non-hydrogen) atoms. The standard InChI is InChI=1S/C28H23F5O/c1-2-15-7-18-8-22(18)28(34-14-15)17-4-6-20(25(31)10-17)16-3-5-21(24(30)9-16)19-11-26(32)23(13-29)27(33)12-19/h2-6,9-12,15,18,22,28H,1,7-8,13-14H2/t15?,18?,22-,28?/m1/s1. The molecule has 176 valence electrons. The van der Waals surface area contributed by atoms with E-state index in [1.54, 1.807) is 12.1 Å². The second kappa shape index (κ2) is 8.99. The zero-order valence-corrected chi connectivity index (χ0v) is 18.3. The molecule has 4 atom stereocenters. The maximum Gasteiger partial charge on any atom is 0.132 e. The second-order valence-corrected chi connectivity index (χ2v) is 9.13. The largest absolute Gasteiger partial charge is 0.373 e. The van der Waals surface area contributed by atoms with E-state index in [4.69, 9.17) is 4.74 Å². The minimum absolute atomic E-state index is 0.0607. The van der Waals surface area contributed by atoms with Gasteiger partial charge in [0.05, 0.1) is 18.3 Å². The molecule has 5 rings (SSSR count). The monoisotopic (exact) mass is 470 g/mol. The summed E-state index contributed by atoms with van der Waals surface area (Å²) < 4.78 is 76.7. The van der Waals surface area contributed by atoms with Crippen molar-refractivity contribution in [2.75, 3.05) is 6.61 Å². The van der Waals surface area contributed by atoms with Crippen molar-refractivity contribution in [1.29, 1.82) is 0 Å². The normalized spacial score (nSPS) is 23.8. The van der Waals surface area contributed by atoms with E-state index in [9.17, 15) is 17.6 Å². The molecule has 2 aliphatic rings. The molecule has 1 nitrogen and oxygen atoms in total. The zero-order valence-electron chi connectivity index (χ0n) is 18.3. The van der Waals surface area contributed by atoms with E-state index in [0.717, 1.165) is 36.6 Å². The van der Waals surface area contributed by atoms with Crippen LogP contribution < -0.4 is 0 Å². The Bertz CT molecular complexity index is 1230. The Morgan fingerprint density at radius 1 is 0.824 bits per heavy atom. The highest BCUT2D eigenvalue weighted by Crippen LogP contribution is 2.54. The highest BCUT2D eigenvalue weighted by molar-refractivity contribution is 5.72. The Hall–Kier alpha value is -2.99. The fourth-order valence-electron chi connectivity index (χ4n) is 4.97. The molecule has 0 amide bonds. The molecule has 3 unspecified atom stereocenters. The Labute approximate surface area is 194 Å². The number of alkyl halides is 1. The smallest absolute Gasteiger partial charge is 0.132 e. The van der Waals surface area contributed by atoms with Crippen LogP contribution in [0.4, 0.5) is 22.0 Å². The van der Waals surface area contributed by atoms with Gasteiger partial charge in [0.2, 0.25) is 0 Å². The van der Waals surface area contributed by atoms with Crippen molar-refractivity contribution in [2.24, 2.45) is 17.8 Å². The van der Waals surface area contributed by atoms with Crippen LogP contribution >= 0.6 is 0 Å². The molecule has 1 heterocycles. The molecule has 2 fully saturated rings. The molecule has 3 aromatic rings. The van der Waals surface area contributed by atoms with Crippen LogP contribution in [0.2, 0.25) is 0 Å². The fourth-order valence-corrected chi connectivity index (χ4v) is 4.97. The van der Waals surface area contributed by atoms with Crippen LogP contribution in [0.25, 0.3) is 22.3 Å². The van der Waals surface area contributed by atoms with Crippen molar-refractivity contribution in [1.82, 2.24) is 0 Å². The van der Waals surface area contributed by atoms with Gasteiger partial charge in [0, 0.05) is 17.0 Å². The summed E-state index contributed by atoms with van der Waals surface area (Å²) in [5, 5.41) is 0. The average molecular weight is 470 g/mol. The van der Waals surface area contributed by atoms with Gasteiger partial charge in [-0.2, -0.15) is 0 Å². The van der Waals surface area contributed by atoms with E-state index in [1.165, 1.54) is 18.2 Å². The Kier molecular flexibility index (Phi) is 6.02. The molecule has 6 heteroatoms. The molecular weight excluding hydrogens is 447 g/mol. The lowest BCUT2D eigenvalue weighted by molar-refractivity contribution is 0.0325. The lowest BCUT2D eigenvalue weighted by atomic mass is 9.96. The van der Waals surface area contributed by atoms with Crippen LogP contribution in [0.5, 0.6) is 0 Å². The van der Waals surface area contributed by atoms with Crippen LogP contribution in [0.1, 0.15) is 30.1 Å². The quantitative estimate of drug-likeness (QED) is 0.272. The van der Waals surface area contributed by atoms with Gasteiger partial charge >= 0.3 is 0 Å². The summed E-state index contributed by atoms with van der Waals surface area (Å²) in [6, 6.07) is 10.6. The van der Waals surface area contributed by atoms with Crippen LogP contribution in [0.15, 0.2) is 61.2 Å². The number of ether oxygens (including phenoxy) is 1. The summed E-state index contributed by atoms with van der Waals surface area (Å²) >= 11 is 0. The maximum absolute atomic E-state index is 15.1. The minimum atomic E-state index is -1.29. The minimum Gasteiger partial charge on any atom is -0.373 e. The Balaban J connectivity index is 1.42. The van der Waals surface area contributed by atoms with Gasteiger partial charge < -0.3 is 4.74 Å². The first-order valence-corrected chi connectivity index (χ1v) is 11.3. The van der Waals surface area contributed by atoms with Gasteiger partial charge in [-0.1, -0.05) is 30.3 Å². The fraction of sp³-hybridized carbons (Fsp3) is 0.286. The van der Waals surface area contributed by atoms with E-state index < -0.39 is 35.5 Å². The number of benzene rings is 3. The Morgan fingerprint density at radius 3 is 2.12 bits per heavy atom. The number of rotatable bonds is 5. The molecule has 0 aromatic heterocycles. The summed E-state index contributed by atoms with van der Waals surface area (Å²) in [6.07, 6.45) is 3.84. The Morgan fingerprint density at radius 2 is 1.47 bits per heavy atom. The third-order valence-electron chi connectivity index (χ3n) is 6.98. The SMILES string of the molecule is C=CC1COC(c2ccc(-c3ccc(-c4cc(F)c(CF)c(F)c4)c(F)c3)c(F)c2)[C@@H]2CC2C1. The molecular formula is C28H23F5O. The molecule has 3 aromatic carbocycles. The van der Waals surface area contributed by atoms with E-state index in [1.807, 2.05) is 6.08 Å². The molecule has 1 saturated carbocycles. The molecule has 0 bridgehead atoms. The van der Waals surface area contributed by atoms with Crippen molar-refractivity contribution in [3.8, 4) is 22.3 Å². The first-order valence-electron chi connectivity index (χ1n) is 11.3. The lowest BCUT2D eigenvalue weighted by Gasteiger charge is -2.19. The predicted octanol–water partition coefficient (Wildman–Crippen LogP) is 7.95. The lowest BCUT2D eigenvalue weighted by Crippen LogP contribution is -2.10. The third-order valence-corrected chi connectivity index (χ3v) is 6.98. The second-order valence-electron chi connectivity index (χ2n) is 9.13. The summed E-state index contributed by atoms with van der Waals surface area (Å²) in [5.74, 6) is -2.19. The molecule has 0 spiro atoms. The van der Waals surface area contributed by atoms with Gasteiger partial charge in [-0.05, 0) is 65.6 Å². The summed E-state index contributed by atoms with van der Waals surface area (Å²) in [4.78, 5) is 0. The van der Waals surface area contributed by atoms with E-state index in [2.05, 4.69) is 6.58 Å². The molecule has 0 N–H and O–H groups in total. The predicted molar refractivity (Wildman–Crippen MR) is 121 cm³/mol. The summed E-state index contributed by atoms with van der Waals surface area (Å²) in [7, 11) is 0. The van der Waals surface area contributed by atoms with Gasteiger partial charge in [0.15, 0.2) is 0 Å². The van der Waals surface area contributed by atoms with Crippen molar-refractivity contribution in [3.05, 3.63) is 95.6 Å². The van der Waals surface area contributed by atoms with Crippen molar-refractivity contribution >= 4 is 0 Å². The number of hydrogen-bond acceptors (Lipinski definition) is 1. The van der Waals surface area contributed by atoms with E-state index in [-0.39, 0.29) is 22.8 Å². The van der Waals surface area contributed by atoms with Crippen molar-refractivity contribution < 1.29 is 26.7 Å². The summed E-state index contributed by atoms with van der Waals surface area (Å²) in [6.45, 7) is 3.13. The highest BCUT2D eigenvalue weighted by atomic mass is 19.2. The van der Waals surface area contributed by atoms with Gasteiger partial charge in [0.1, 0.15) is 29.9 Å². The van der Waals surface area contributed by atoms with Gasteiger partial charge in [-0.15, -0.1) is 6.58 Å². The van der Waals surface area contributed by atoms with Crippen molar-refractivity contribution in [2.45, 2.75) is 25.6 Å². The molecule has 1 aliphatic carbocycles. The van der Waals surface area contributed by atoms with Crippen LogP contribution in [-0.2, 0) is 11.4 Å². The first kappa shape index (κ1) is 22.8. The van der Waals surface area contributed by atoms with E-state index >= 15 is 4.39 Å². The first-order chi connectivity index (χ1) is 16.4. The van der Waals surface area contributed by atoms with Crippen LogP contribution in [-0.4, -0.2) is 6.61 Å². The summed E-state index contributed by atoms with van der Waals surface area (Å²) in [5.41, 5.74) is 0.447. The number of hydrogen-bond donors (Lipinski definition) is 0. The molecule has 1 aliphatic heterocycles. The topological polar surface area (TPSA) is 9.23 Å².